The van der Waals surface area contributed by atoms with Crippen molar-refractivity contribution in [1.82, 2.24) is 4.98 Å². The maximum atomic E-state index is 11.1. The van der Waals surface area contributed by atoms with E-state index in [1.54, 1.807) is 6.92 Å². The summed E-state index contributed by atoms with van der Waals surface area (Å²) in [5.74, 6) is -0.407. The van der Waals surface area contributed by atoms with Crippen LogP contribution in [0.4, 0.5) is 11.5 Å². The van der Waals surface area contributed by atoms with Crippen LogP contribution in [0, 0.1) is 23.0 Å². The predicted octanol–water partition coefficient (Wildman–Crippen LogP) is 1.57. The van der Waals surface area contributed by atoms with Crippen molar-refractivity contribution in [3.05, 3.63) is 27.9 Å². The van der Waals surface area contributed by atoms with Crippen LogP contribution in [0.2, 0.25) is 0 Å². The molecule has 2 rings (SSSR count). The summed E-state index contributed by atoms with van der Waals surface area (Å²) in [4.78, 5) is 25.0. The van der Waals surface area contributed by atoms with E-state index >= 15 is 0 Å². The Morgan fingerprint density at radius 2 is 2.33 bits per heavy atom. The van der Waals surface area contributed by atoms with Gasteiger partial charge in [0.05, 0.1) is 4.92 Å². The van der Waals surface area contributed by atoms with Crippen molar-refractivity contribution >= 4 is 17.5 Å². The fourth-order valence-electron chi connectivity index (χ4n) is 1.77. The normalized spacial score (nSPS) is 16.1. The SMILES string of the molecule is Cc1cc([N+](=O)[O-])cnc1NC(C(=O)O)C1CC1. The average molecular weight is 251 g/mol. The molecule has 7 nitrogen and oxygen atoms in total. The molecule has 1 saturated carbocycles. The van der Waals surface area contributed by atoms with Crippen LogP contribution in [0.25, 0.3) is 0 Å². The van der Waals surface area contributed by atoms with Crippen molar-refractivity contribution in [2.24, 2.45) is 5.92 Å². The number of nitrogens with one attached hydrogen (secondary N) is 1. The van der Waals surface area contributed by atoms with Crippen LogP contribution in [0.15, 0.2) is 12.3 Å². The second-order valence-corrected chi connectivity index (χ2v) is 4.41. The topological polar surface area (TPSA) is 105 Å². The van der Waals surface area contributed by atoms with Crippen LogP contribution in [-0.4, -0.2) is 27.0 Å². The highest BCUT2D eigenvalue weighted by molar-refractivity contribution is 5.78. The molecule has 1 fully saturated rings. The third kappa shape index (κ3) is 2.55. The number of nitrogens with zero attached hydrogens (tertiary/aromatic N) is 2. The molecule has 1 aromatic heterocycles. The molecule has 1 aromatic rings. The number of carboxylic acids is 1. The molecule has 7 heteroatoms. The van der Waals surface area contributed by atoms with E-state index in [9.17, 15) is 14.9 Å². The number of hydrogen-bond donors (Lipinski definition) is 2. The number of aliphatic carboxylic acids is 1. The Balaban J connectivity index is 2.18. The number of pyridine rings is 1. The summed E-state index contributed by atoms with van der Waals surface area (Å²) >= 11 is 0. The first-order valence-corrected chi connectivity index (χ1v) is 5.59. The van der Waals surface area contributed by atoms with Crippen molar-refractivity contribution < 1.29 is 14.8 Å². The molecule has 1 atom stereocenters. The van der Waals surface area contributed by atoms with Gasteiger partial charge in [0.1, 0.15) is 18.1 Å². The van der Waals surface area contributed by atoms with Gasteiger partial charge in [-0.05, 0) is 31.2 Å². The van der Waals surface area contributed by atoms with E-state index in [2.05, 4.69) is 10.3 Å². The number of aryl methyl sites for hydroxylation is 1. The Bertz CT molecular complexity index is 499. The molecule has 1 unspecified atom stereocenters. The highest BCUT2D eigenvalue weighted by Gasteiger charge is 2.36. The van der Waals surface area contributed by atoms with Gasteiger partial charge < -0.3 is 10.4 Å². The highest BCUT2D eigenvalue weighted by atomic mass is 16.6. The van der Waals surface area contributed by atoms with E-state index in [0.29, 0.717) is 11.4 Å². The Labute approximate surface area is 103 Å². The third-order valence-electron chi connectivity index (χ3n) is 2.93. The third-order valence-corrected chi connectivity index (χ3v) is 2.93. The van der Waals surface area contributed by atoms with Crippen molar-refractivity contribution in [3.8, 4) is 0 Å². The average Bonchev–Trinajstić information content (AvgIpc) is 3.10. The lowest BCUT2D eigenvalue weighted by molar-refractivity contribution is -0.385. The fraction of sp³-hybridized carbons (Fsp3) is 0.455. The molecule has 0 amide bonds. The lowest BCUT2D eigenvalue weighted by Gasteiger charge is -2.15. The van der Waals surface area contributed by atoms with Gasteiger partial charge in [-0.15, -0.1) is 0 Å². The number of hydrogen-bond acceptors (Lipinski definition) is 5. The van der Waals surface area contributed by atoms with Crippen LogP contribution in [0.5, 0.6) is 0 Å². The maximum Gasteiger partial charge on any atom is 0.326 e. The zero-order valence-electron chi connectivity index (χ0n) is 9.79. The summed E-state index contributed by atoms with van der Waals surface area (Å²) in [5, 5.41) is 22.5. The maximum absolute atomic E-state index is 11.1. The molecule has 1 aliphatic rings. The number of aromatic nitrogens is 1. The summed E-state index contributed by atoms with van der Waals surface area (Å²) < 4.78 is 0. The van der Waals surface area contributed by atoms with Gasteiger partial charge in [0.25, 0.3) is 5.69 Å². The zero-order valence-corrected chi connectivity index (χ0v) is 9.79. The number of carbonyl (C=O) groups is 1. The summed E-state index contributed by atoms with van der Waals surface area (Å²) in [5.41, 5.74) is 0.465. The summed E-state index contributed by atoms with van der Waals surface area (Å²) in [6.45, 7) is 1.66. The summed E-state index contributed by atoms with van der Waals surface area (Å²) in [7, 11) is 0. The molecule has 0 aromatic carbocycles. The minimum absolute atomic E-state index is 0.101. The Kier molecular flexibility index (Phi) is 3.14. The lowest BCUT2D eigenvalue weighted by Crippen LogP contribution is -2.32. The van der Waals surface area contributed by atoms with Crippen molar-refractivity contribution in [2.75, 3.05) is 5.32 Å². The Hall–Kier alpha value is -2.18. The van der Waals surface area contributed by atoms with Crippen LogP contribution in [-0.2, 0) is 4.79 Å². The first-order valence-electron chi connectivity index (χ1n) is 5.59. The smallest absolute Gasteiger partial charge is 0.326 e. The molecule has 96 valence electrons. The van der Waals surface area contributed by atoms with Gasteiger partial charge in [-0.3, -0.25) is 10.1 Å². The first kappa shape index (κ1) is 12.3. The van der Waals surface area contributed by atoms with Gasteiger partial charge in [-0.25, -0.2) is 9.78 Å². The van der Waals surface area contributed by atoms with Gasteiger partial charge >= 0.3 is 5.97 Å². The fourth-order valence-corrected chi connectivity index (χ4v) is 1.77. The largest absolute Gasteiger partial charge is 0.480 e. The van der Waals surface area contributed by atoms with Gasteiger partial charge in [0.2, 0.25) is 0 Å². The van der Waals surface area contributed by atoms with Gasteiger partial charge in [0.15, 0.2) is 0 Å². The standard InChI is InChI=1S/C11H13N3O4/c1-6-4-8(14(17)18)5-12-10(6)13-9(11(15)16)7-2-3-7/h4-5,7,9H,2-3H2,1H3,(H,12,13)(H,15,16). The minimum Gasteiger partial charge on any atom is -0.480 e. The van der Waals surface area contributed by atoms with Crippen LogP contribution in [0.3, 0.4) is 0 Å². The highest BCUT2D eigenvalue weighted by Crippen LogP contribution is 2.34. The van der Waals surface area contributed by atoms with Crippen molar-refractivity contribution in [2.45, 2.75) is 25.8 Å². The first-order chi connectivity index (χ1) is 8.49. The molecule has 1 heterocycles. The van der Waals surface area contributed by atoms with Crippen LogP contribution in [0.1, 0.15) is 18.4 Å². The second kappa shape index (κ2) is 4.59. The molecule has 0 radical (unpaired) electrons. The molecule has 18 heavy (non-hydrogen) atoms. The summed E-state index contributed by atoms with van der Waals surface area (Å²) in [6, 6.07) is 0.707. The number of nitro groups is 1. The lowest BCUT2D eigenvalue weighted by atomic mass is 10.1. The molecule has 0 bridgehead atoms. The predicted molar refractivity (Wildman–Crippen MR) is 63.4 cm³/mol. The number of rotatable bonds is 5. The monoisotopic (exact) mass is 251 g/mol. The molecular weight excluding hydrogens is 238 g/mol. The number of anilines is 1. The van der Waals surface area contributed by atoms with Crippen molar-refractivity contribution in [3.63, 3.8) is 0 Å². The van der Waals surface area contributed by atoms with E-state index < -0.39 is 16.9 Å². The molecule has 0 aliphatic heterocycles. The molecule has 1 aliphatic carbocycles. The van der Waals surface area contributed by atoms with Gasteiger partial charge in [-0.1, -0.05) is 0 Å². The molecule has 0 saturated heterocycles. The summed E-state index contributed by atoms with van der Waals surface area (Å²) in [6.07, 6.45) is 2.90. The van der Waals surface area contributed by atoms with E-state index in [1.165, 1.54) is 6.07 Å². The van der Waals surface area contributed by atoms with E-state index in [0.717, 1.165) is 19.0 Å². The van der Waals surface area contributed by atoms with E-state index in [4.69, 9.17) is 5.11 Å². The van der Waals surface area contributed by atoms with Crippen LogP contribution < -0.4 is 5.32 Å². The second-order valence-electron chi connectivity index (χ2n) is 4.41. The van der Waals surface area contributed by atoms with Gasteiger partial charge in [-0.2, -0.15) is 0 Å². The molecule has 2 N–H and O–H groups in total. The zero-order chi connectivity index (χ0) is 13.3. The molecular formula is C11H13N3O4. The van der Waals surface area contributed by atoms with E-state index in [1.807, 2.05) is 0 Å². The Morgan fingerprint density at radius 3 is 2.78 bits per heavy atom. The quantitative estimate of drug-likeness (QED) is 0.607. The van der Waals surface area contributed by atoms with Crippen LogP contribution >= 0.6 is 0 Å². The van der Waals surface area contributed by atoms with Gasteiger partial charge in [0, 0.05) is 6.07 Å². The number of carboxylic acid groups (broad SMARTS) is 1. The van der Waals surface area contributed by atoms with Crippen molar-refractivity contribution in [1.29, 1.82) is 0 Å². The Morgan fingerprint density at radius 1 is 1.67 bits per heavy atom. The minimum atomic E-state index is -0.919. The molecule has 0 spiro atoms. The van der Waals surface area contributed by atoms with E-state index in [-0.39, 0.29) is 11.6 Å².